The molecule has 1 saturated heterocycles. The van der Waals surface area contributed by atoms with E-state index in [1.165, 1.54) is 0 Å². The van der Waals surface area contributed by atoms with Gasteiger partial charge in [-0.1, -0.05) is 6.92 Å². The van der Waals surface area contributed by atoms with Crippen molar-refractivity contribution in [3.8, 4) is 0 Å². The van der Waals surface area contributed by atoms with E-state index in [2.05, 4.69) is 0 Å². The van der Waals surface area contributed by atoms with Crippen LogP contribution in [0.2, 0.25) is 0 Å². The summed E-state index contributed by atoms with van der Waals surface area (Å²) >= 11 is 0. The van der Waals surface area contributed by atoms with Crippen LogP contribution in [0.4, 0.5) is 4.79 Å². The van der Waals surface area contributed by atoms with E-state index < -0.39 is 17.0 Å². The van der Waals surface area contributed by atoms with Gasteiger partial charge in [0.25, 0.3) is 0 Å². The SMILES string of the molecule is CCC1(C(=O)O)CCCN(C(=O)OC(C)(C)C)CC1. The van der Waals surface area contributed by atoms with Crippen LogP contribution < -0.4 is 0 Å². The molecule has 0 radical (unpaired) electrons. The number of carboxylic acid groups (broad SMARTS) is 1. The molecule has 0 spiro atoms. The summed E-state index contributed by atoms with van der Waals surface area (Å²) in [6.07, 6.45) is 2.09. The molecule has 1 fully saturated rings. The highest BCUT2D eigenvalue weighted by molar-refractivity contribution is 5.75. The van der Waals surface area contributed by atoms with Gasteiger partial charge < -0.3 is 14.7 Å². The largest absolute Gasteiger partial charge is 0.481 e. The van der Waals surface area contributed by atoms with Gasteiger partial charge in [0.2, 0.25) is 0 Å². The van der Waals surface area contributed by atoms with Crippen LogP contribution in [0.25, 0.3) is 0 Å². The van der Waals surface area contributed by atoms with E-state index in [9.17, 15) is 14.7 Å². The van der Waals surface area contributed by atoms with E-state index in [1.54, 1.807) is 4.90 Å². The molecule has 110 valence electrons. The minimum atomic E-state index is -0.749. The van der Waals surface area contributed by atoms with Crippen molar-refractivity contribution in [3.63, 3.8) is 0 Å². The van der Waals surface area contributed by atoms with Gasteiger partial charge in [-0.05, 0) is 46.5 Å². The number of amides is 1. The number of likely N-dealkylation sites (tertiary alicyclic amines) is 1. The van der Waals surface area contributed by atoms with Gasteiger partial charge in [0.1, 0.15) is 5.60 Å². The summed E-state index contributed by atoms with van der Waals surface area (Å²) in [5, 5.41) is 9.39. The van der Waals surface area contributed by atoms with E-state index in [0.717, 1.165) is 0 Å². The number of hydrogen-bond acceptors (Lipinski definition) is 3. The Labute approximate surface area is 114 Å². The maximum atomic E-state index is 12.0. The van der Waals surface area contributed by atoms with Crippen molar-refractivity contribution in [1.29, 1.82) is 0 Å². The second-order valence-electron chi connectivity index (χ2n) is 6.26. The Morgan fingerprint density at radius 2 is 1.89 bits per heavy atom. The van der Waals surface area contributed by atoms with Crippen LogP contribution in [-0.2, 0) is 9.53 Å². The van der Waals surface area contributed by atoms with Gasteiger partial charge in [0, 0.05) is 13.1 Å². The summed E-state index contributed by atoms with van der Waals surface area (Å²) < 4.78 is 5.33. The molecule has 1 amide bonds. The Morgan fingerprint density at radius 1 is 1.26 bits per heavy atom. The molecule has 0 aromatic rings. The monoisotopic (exact) mass is 271 g/mol. The normalized spacial score (nSPS) is 24.7. The molecule has 0 aromatic heterocycles. The summed E-state index contributed by atoms with van der Waals surface area (Å²) in [5.74, 6) is -0.749. The summed E-state index contributed by atoms with van der Waals surface area (Å²) in [4.78, 5) is 25.1. The van der Waals surface area contributed by atoms with E-state index in [-0.39, 0.29) is 6.09 Å². The van der Waals surface area contributed by atoms with Crippen molar-refractivity contribution in [2.45, 2.75) is 59.0 Å². The molecule has 0 saturated carbocycles. The van der Waals surface area contributed by atoms with E-state index in [4.69, 9.17) is 4.74 Å². The van der Waals surface area contributed by atoms with Crippen molar-refractivity contribution in [2.24, 2.45) is 5.41 Å². The molecule has 5 heteroatoms. The summed E-state index contributed by atoms with van der Waals surface area (Å²) in [5.41, 5.74) is -1.20. The Morgan fingerprint density at radius 3 is 2.37 bits per heavy atom. The predicted octanol–water partition coefficient (Wildman–Crippen LogP) is 2.89. The van der Waals surface area contributed by atoms with Crippen molar-refractivity contribution in [1.82, 2.24) is 4.90 Å². The van der Waals surface area contributed by atoms with Gasteiger partial charge >= 0.3 is 12.1 Å². The Hall–Kier alpha value is -1.26. The van der Waals surface area contributed by atoms with Crippen LogP contribution >= 0.6 is 0 Å². The fraction of sp³-hybridized carbons (Fsp3) is 0.857. The molecule has 0 bridgehead atoms. The van der Waals surface area contributed by atoms with Gasteiger partial charge in [0.15, 0.2) is 0 Å². The van der Waals surface area contributed by atoms with Gasteiger partial charge in [-0.2, -0.15) is 0 Å². The van der Waals surface area contributed by atoms with E-state index >= 15 is 0 Å². The highest BCUT2D eigenvalue weighted by atomic mass is 16.6. The smallest absolute Gasteiger partial charge is 0.410 e. The lowest BCUT2D eigenvalue weighted by atomic mass is 9.78. The zero-order valence-electron chi connectivity index (χ0n) is 12.4. The number of nitrogens with zero attached hydrogens (tertiary/aromatic N) is 1. The van der Waals surface area contributed by atoms with Crippen molar-refractivity contribution < 1.29 is 19.4 Å². The summed E-state index contributed by atoms with van der Waals surface area (Å²) in [6.45, 7) is 8.42. The highest BCUT2D eigenvalue weighted by Gasteiger charge is 2.39. The number of aliphatic carboxylic acids is 1. The lowest BCUT2D eigenvalue weighted by Crippen LogP contribution is -2.38. The number of hydrogen-bond donors (Lipinski definition) is 1. The van der Waals surface area contributed by atoms with Crippen LogP contribution in [0.1, 0.15) is 53.4 Å². The van der Waals surface area contributed by atoms with Crippen molar-refractivity contribution in [3.05, 3.63) is 0 Å². The lowest BCUT2D eigenvalue weighted by molar-refractivity contribution is -0.150. The van der Waals surface area contributed by atoms with E-state index in [0.29, 0.717) is 38.8 Å². The van der Waals surface area contributed by atoms with Crippen LogP contribution in [0.3, 0.4) is 0 Å². The minimum absolute atomic E-state index is 0.343. The summed E-state index contributed by atoms with van der Waals surface area (Å²) in [6, 6.07) is 0. The Balaban J connectivity index is 2.69. The fourth-order valence-corrected chi connectivity index (χ4v) is 2.42. The Kier molecular flexibility index (Phi) is 4.82. The number of carboxylic acids is 1. The zero-order chi connectivity index (χ0) is 14.7. The van der Waals surface area contributed by atoms with Gasteiger partial charge in [-0.25, -0.2) is 4.79 Å². The minimum Gasteiger partial charge on any atom is -0.481 e. The zero-order valence-corrected chi connectivity index (χ0v) is 12.4. The van der Waals surface area contributed by atoms with Gasteiger partial charge in [0.05, 0.1) is 5.41 Å². The molecule has 1 aliphatic rings. The first-order valence-corrected chi connectivity index (χ1v) is 6.91. The third kappa shape index (κ3) is 4.11. The van der Waals surface area contributed by atoms with Crippen LogP contribution in [-0.4, -0.2) is 40.8 Å². The first-order chi connectivity index (χ1) is 8.70. The number of rotatable bonds is 2. The maximum absolute atomic E-state index is 12.0. The average molecular weight is 271 g/mol. The molecule has 1 rings (SSSR count). The standard InChI is InChI=1S/C14H25NO4/c1-5-14(11(16)17)7-6-9-15(10-8-14)12(18)19-13(2,3)4/h5-10H2,1-4H3,(H,16,17). The highest BCUT2D eigenvalue weighted by Crippen LogP contribution is 2.35. The molecule has 1 heterocycles. The molecule has 1 atom stereocenters. The topological polar surface area (TPSA) is 66.8 Å². The van der Waals surface area contributed by atoms with Crippen LogP contribution in [0.5, 0.6) is 0 Å². The van der Waals surface area contributed by atoms with Gasteiger partial charge in [-0.3, -0.25) is 4.79 Å². The third-order valence-electron chi connectivity index (χ3n) is 3.73. The quantitative estimate of drug-likeness (QED) is 0.838. The maximum Gasteiger partial charge on any atom is 0.410 e. The molecule has 1 N–H and O–H groups in total. The number of carbonyl (C=O) groups is 2. The van der Waals surface area contributed by atoms with Crippen molar-refractivity contribution >= 4 is 12.1 Å². The number of ether oxygens (including phenoxy) is 1. The molecule has 0 aliphatic carbocycles. The first kappa shape index (κ1) is 15.8. The average Bonchev–Trinajstić information content (AvgIpc) is 2.49. The van der Waals surface area contributed by atoms with Gasteiger partial charge in [-0.15, -0.1) is 0 Å². The van der Waals surface area contributed by atoms with E-state index in [1.807, 2.05) is 27.7 Å². The van der Waals surface area contributed by atoms with Crippen molar-refractivity contribution in [2.75, 3.05) is 13.1 Å². The second kappa shape index (κ2) is 5.80. The molecule has 1 aliphatic heterocycles. The molecular formula is C14H25NO4. The molecular weight excluding hydrogens is 246 g/mol. The lowest BCUT2D eigenvalue weighted by Gasteiger charge is -2.28. The fourth-order valence-electron chi connectivity index (χ4n) is 2.42. The Bertz CT molecular complexity index is 348. The predicted molar refractivity (Wildman–Crippen MR) is 72.0 cm³/mol. The number of carbonyl (C=O) groups excluding carboxylic acids is 1. The molecule has 0 aromatic carbocycles. The molecule has 1 unspecified atom stereocenters. The molecule has 19 heavy (non-hydrogen) atoms. The second-order valence-corrected chi connectivity index (χ2v) is 6.26. The third-order valence-corrected chi connectivity index (χ3v) is 3.73. The van der Waals surface area contributed by atoms with Crippen LogP contribution in [0.15, 0.2) is 0 Å². The first-order valence-electron chi connectivity index (χ1n) is 6.91. The van der Waals surface area contributed by atoms with Crippen LogP contribution in [0, 0.1) is 5.41 Å². The molecule has 5 nitrogen and oxygen atoms in total. The summed E-state index contributed by atoms with van der Waals surface area (Å²) in [7, 11) is 0.